The number of amides is 2. The summed E-state index contributed by atoms with van der Waals surface area (Å²) in [7, 11) is 0. The van der Waals surface area contributed by atoms with Crippen LogP contribution in [0.1, 0.15) is 17.4 Å². The highest BCUT2D eigenvalue weighted by atomic mass is 32.1. The number of thiophene rings is 1. The second kappa shape index (κ2) is 5.41. The molecule has 21 heavy (non-hydrogen) atoms. The minimum Gasteiger partial charge on any atom is -0.350 e. The SMILES string of the molecule is CC(=O)Nc1cccc(NC(=O)c2cc3sccc3[nH]2)c1. The molecular weight excluding hydrogens is 286 g/mol. The first-order valence-electron chi connectivity index (χ1n) is 6.37. The summed E-state index contributed by atoms with van der Waals surface area (Å²) in [5.41, 5.74) is 2.75. The van der Waals surface area contributed by atoms with Crippen molar-refractivity contribution >= 4 is 44.7 Å². The minimum absolute atomic E-state index is 0.150. The Morgan fingerprint density at radius 2 is 1.86 bits per heavy atom. The van der Waals surface area contributed by atoms with Gasteiger partial charge in [0, 0.05) is 18.3 Å². The molecule has 0 aliphatic carbocycles. The second-order valence-corrected chi connectivity index (χ2v) is 5.55. The fourth-order valence-corrected chi connectivity index (χ4v) is 2.83. The highest BCUT2D eigenvalue weighted by Gasteiger charge is 2.10. The summed E-state index contributed by atoms with van der Waals surface area (Å²) < 4.78 is 1.05. The van der Waals surface area contributed by atoms with E-state index >= 15 is 0 Å². The molecule has 0 aliphatic rings. The van der Waals surface area contributed by atoms with E-state index in [0.717, 1.165) is 10.2 Å². The largest absolute Gasteiger partial charge is 0.350 e. The summed E-state index contributed by atoms with van der Waals surface area (Å²) >= 11 is 1.58. The molecule has 6 heteroatoms. The van der Waals surface area contributed by atoms with Gasteiger partial charge in [-0.25, -0.2) is 0 Å². The normalized spacial score (nSPS) is 10.5. The third kappa shape index (κ3) is 2.95. The van der Waals surface area contributed by atoms with Crippen LogP contribution in [0.25, 0.3) is 10.2 Å². The second-order valence-electron chi connectivity index (χ2n) is 4.60. The van der Waals surface area contributed by atoms with Crippen LogP contribution in [0, 0.1) is 0 Å². The van der Waals surface area contributed by atoms with Crippen LogP contribution in [0.15, 0.2) is 41.8 Å². The Morgan fingerprint density at radius 3 is 2.57 bits per heavy atom. The minimum atomic E-state index is -0.210. The molecule has 3 rings (SSSR count). The Kier molecular flexibility index (Phi) is 3.45. The van der Waals surface area contributed by atoms with Crippen LogP contribution in [0.2, 0.25) is 0 Å². The Labute approximate surface area is 125 Å². The van der Waals surface area contributed by atoms with Gasteiger partial charge in [-0.2, -0.15) is 0 Å². The number of aromatic nitrogens is 1. The number of hydrogen-bond donors (Lipinski definition) is 3. The molecule has 0 atom stereocenters. The number of H-pyrrole nitrogens is 1. The molecular formula is C15H13N3O2S. The molecule has 1 aromatic carbocycles. The number of aromatic amines is 1. The van der Waals surface area contributed by atoms with Crippen LogP contribution in [-0.2, 0) is 4.79 Å². The maximum Gasteiger partial charge on any atom is 0.272 e. The van der Waals surface area contributed by atoms with Crippen molar-refractivity contribution in [2.75, 3.05) is 10.6 Å². The molecule has 5 nitrogen and oxygen atoms in total. The summed E-state index contributed by atoms with van der Waals surface area (Å²) in [6, 6.07) is 10.8. The smallest absolute Gasteiger partial charge is 0.272 e. The molecule has 2 amide bonds. The average molecular weight is 299 g/mol. The van der Waals surface area contributed by atoms with Gasteiger partial charge < -0.3 is 15.6 Å². The quantitative estimate of drug-likeness (QED) is 0.693. The van der Waals surface area contributed by atoms with Crippen LogP contribution < -0.4 is 10.6 Å². The van der Waals surface area contributed by atoms with Crippen molar-refractivity contribution in [2.24, 2.45) is 0 Å². The first-order chi connectivity index (χ1) is 10.1. The van der Waals surface area contributed by atoms with E-state index in [-0.39, 0.29) is 11.8 Å². The van der Waals surface area contributed by atoms with E-state index in [4.69, 9.17) is 0 Å². The molecule has 0 unspecified atom stereocenters. The lowest BCUT2D eigenvalue weighted by molar-refractivity contribution is -0.114. The van der Waals surface area contributed by atoms with Crippen molar-refractivity contribution in [1.82, 2.24) is 4.98 Å². The maximum absolute atomic E-state index is 12.2. The molecule has 0 radical (unpaired) electrons. The topological polar surface area (TPSA) is 74.0 Å². The molecule has 0 fully saturated rings. The average Bonchev–Trinajstić information content (AvgIpc) is 2.98. The van der Waals surface area contributed by atoms with E-state index in [2.05, 4.69) is 15.6 Å². The van der Waals surface area contributed by atoms with Crippen LogP contribution in [0.3, 0.4) is 0 Å². The van der Waals surface area contributed by atoms with E-state index in [9.17, 15) is 9.59 Å². The van der Waals surface area contributed by atoms with Gasteiger partial charge in [0.1, 0.15) is 5.69 Å². The van der Waals surface area contributed by atoms with Gasteiger partial charge in [0.2, 0.25) is 5.91 Å². The standard InChI is InChI=1S/C15H13N3O2S/c1-9(19)16-10-3-2-4-11(7-10)17-15(20)13-8-14-12(18-13)5-6-21-14/h2-8,18H,1H3,(H,16,19)(H,17,20). The summed E-state index contributed by atoms with van der Waals surface area (Å²) in [6.45, 7) is 1.44. The summed E-state index contributed by atoms with van der Waals surface area (Å²) in [5, 5.41) is 7.46. The number of carbonyl (C=O) groups excluding carboxylic acids is 2. The molecule has 2 aromatic heterocycles. The molecule has 0 aliphatic heterocycles. The number of carbonyl (C=O) groups is 2. The first kappa shape index (κ1) is 13.4. The number of fused-ring (bicyclic) bond motifs is 1. The van der Waals surface area contributed by atoms with Gasteiger partial charge in [-0.1, -0.05) is 6.07 Å². The number of hydrogen-bond acceptors (Lipinski definition) is 3. The fourth-order valence-electron chi connectivity index (χ4n) is 2.05. The maximum atomic E-state index is 12.2. The van der Waals surface area contributed by atoms with Gasteiger partial charge in [-0.3, -0.25) is 9.59 Å². The molecule has 0 spiro atoms. The zero-order valence-electron chi connectivity index (χ0n) is 11.3. The van der Waals surface area contributed by atoms with Crippen LogP contribution in [0.5, 0.6) is 0 Å². The molecule has 0 saturated heterocycles. The molecule has 3 N–H and O–H groups in total. The Bertz CT molecular complexity index is 791. The zero-order chi connectivity index (χ0) is 14.8. The van der Waals surface area contributed by atoms with Crippen molar-refractivity contribution in [3.05, 3.63) is 47.5 Å². The Balaban J connectivity index is 1.77. The Morgan fingerprint density at radius 1 is 1.10 bits per heavy atom. The van der Waals surface area contributed by atoms with E-state index < -0.39 is 0 Å². The van der Waals surface area contributed by atoms with E-state index in [1.165, 1.54) is 6.92 Å². The van der Waals surface area contributed by atoms with Crippen LogP contribution >= 0.6 is 11.3 Å². The number of anilines is 2. The lowest BCUT2D eigenvalue weighted by Gasteiger charge is -2.07. The van der Waals surface area contributed by atoms with Gasteiger partial charge in [0.05, 0.1) is 10.2 Å². The van der Waals surface area contributed by atoms with Crippen molar-refractivity contribution in [1.29, 1.82) is 0 Å². The van der Waals surface area contributed by atoms with E-state index in [1.54, 1.807) is 35.6 Å². The molecule has 106 valence electrons. The summed E-state index contributed by atoms with van der Waals surface area (Å²) in [6.07, 6.45) is 0. The monoisotopic (exact) mass is 299 g/mol. The third-order valence-electron chi connectivity index (χ3n) is 2.93. The molecule has 0 bridgehead atoms. The highest BCUT2D eigenvalue weighted by molar-refractivity contribution is 7.17. The van der Waals surface area contributed by atoms with Crippen LogP contribution in [0.4, 0.5) is 11.4 Å². The zero-order valence-corrected chi connectivity index (χ0v) is 12.1. The first-order valence-corrected chi connectivity index (χ1v) is 7.25. The van der Waals surface area contributed by atoms with Gasteiger partial charge in [0.15, 0.2) is 0 Å². The van der Waals surface area contributed by atoms with Gasteiger partial charge in [-0.15, -0.1) is 11.3 Å². The lowest BCUT2D eigenvalue weighted by Crippen LogP contribution is -2.12. The predicted octanol–water partition coefficient (Wildman–Crippen LogP) is 3.44. The van der Waals surface area contributed by atoms with Gasteiger partial charge >= 0.3 is 0 Å². The summed E-state index contributed by atoms with van der Waals surface area (Å²) in [4.78, 5) is 26.3. The van der Waals surface area contributed by atoms with Gasteiger partial charge in [0.25, 0.3) is 5.91 Å². The van der Waals surface area contributed by atoms with Crippen molar-refractivity contribution in [3.63, 3.8) is 0 Å². The van der Waals surface area contributed by atoms with Crippen LogP contribution in [-0.4, -0.2) is 16.8 Å². The van der Waals surface area contributed by atoms with E-state index in [0.29, 0.717) is 17.1 Å². The molecule has 2 heterocycles. The third-order valence-corrected chi connectivity index (χ3v) is 3.79. The Hall–Kier alpha value is -2.60. The summed E-state index contributed by atoms with van der Waals surface area (Å²) in [5.74, 6) is -0.360. The van der Waals surface area contributed by atoms with E-state index in [1.807, 2.05) is 17.5 Å². The van der Waals surface area contributed by atoms with Crippen molar-refractivity contribution in [2.45, 2.75) is 6.92 Å². The number of benzene rings is 1. The predicted molar refractivity (Wildman–Crippen MR) is 84.9 cm³/mol. The van der Waals surface area contributed by atoms with Crippen molar-refractivity contribution in [3.8, 4) is 0 Å². The highest BCUT2D eigenvalue weighted by Crippen LogP contribution is 2.22. The van der Waals surface area contributed by atoms with Gasteiger partial charge in [-0.05, 0) is 35.7 Å². The fraction of sp³-hybridized carbons (Fsp3) is 0.0667. The number of nitrogens with one attached hydrogen (secondary N) is 3. The molecule has 0 saturated carbocycles. The molecule has 3 aromatic rings. The number of rotatable bonds is 3. The van der Waals surface area contributed by atoms with Crippen molar-refractivity contribution < 1.29 is 9.59 Å². The lowest BCUT2D eigenvalue weighted by atomic mass is 10.2.